The van der Waals surface area contributed by atoms with Gasteiger partial charge in [0.15, 0.2) is 5.75 Å². The summed E-state index contributed by atoms with van der Waals surface area (Å²) in [5, 5.41) is 8.90. The summed E-state index contributed by atoms with van der Waals surface area (Å²) in [5.74, 6) is -0.902. The Morgan fingerprint density at radius 1 is 1.50 bits per heavy atom. The number of halogens is 2. The Kier molecular flexibility index (Phi) is 4.60. The molecule has 1 aromatic carbocycles. The third-order valence-electron chi connectivity index (χ3n) is 2.24. The van der Waals surface area contributed by atoms with Crippen LogP contribution in [0.5, 0.6) is 5.75 Å². The predicted molar refractivity (Wildman–Crippen MR) is 58.6 cm³/mol. The minimum atomic E-state index is -2.82. The molecule has 0 heterocycles. The summed E-state index contributed by atoms with van der Waals surface area (Å²) in [7, 11) is 1.20. The first-order valence-electron chi connectivity index (χ1n) is 5.13. The van der Waals surface area contributed by atoms with Crippen molar-refractivity contribution in [1.82, 2.24) is 0 Å². The lowest BCUT2D eigenvalue weighted by Gasteiger charge is -2.12. The molecule has 18 heavy (non-hydrogen) atoms. The number of methoxy groups -OCH3 is 1. The van der Waals surface area contributed by atoms with Gasteiger partial charge in [0, 0.05) is 5.56 Å². The molecule has 0 aliphatic carbocycles. The van der Waals surface area contributed by atoms with Crippen LogP contribution in [0.25, 0.3) is 0 Å². The van der Waals surface area contributed by atoms with E-state index in [1.165, 1.54) is 13.2 Å². The first-order valence-corrected chi connectivity index (χ1v) is 5.13. The number of hydrogen-bond donors (Lipinski definition) is 0. The number of carbonyl (C=O) groups is 1. The van der Waals surface area contributed by atoms with Crippen molar-refractivity contribution in [2.24, 2.45) is 0 Å². The maximum Gasteiger partial charge on any atom is 0.341 e. The fraction of sp³-hybridized carbons (Fsp3) is 0.333. The van der Waals surface area contributed by atoms with Crippen LogP contribution in [0.1, 0.15) is 34.8 Å². The van der Waals surface area contributed by atoms with E-state index in [0.717, 1.165) is 6.07 Å². The Morgan fingerprint density at radius 3 is 2.61 bits per heavy atom. The molecule has 96 valence electrons. The lowest BCUT2D eigenvalue weighted by Crippen LogP contribution is -2.09. The molecule has 0 aromatic heterocycles. The average Bonchev–Trinajstić information content (AvgIpc) is 2.36. The Morgan fingerprint density at radius 2 is 2.17 bits per heavy atom. The molecule has 1 rings (SSSR count). The van der Waals surface area contributed by atoms with Crippen LogP contribution in [-0.2, 0) is 4.74 Å². The Labute approximate surface area is 103 Å². The summed E-state index contributed by atoms with van der Waals surface area (Å²) in [6.07, 6.45) is -2.82. The van der Waals surface area contributed by atoms with E-state index in [0.29, 0.717) is 0 Å². The van der Waals surface area contributed by atoms with E-state index < -0.39 is 18.0 Å². The molecule has 0 spiro atoms. The standard InChI is InChI=1S/C12H11F2NO3/c1-3-18-12(16)8-5-4-7(11(13)14)9(6-15)10(8)17-2/h4-5,11H,3H2,1-2H3. The number of esters is 1. The van der Waals surface area contributed by atoms with Gasteiger partial charge in [-0.2, -0.15) is 5.26 Å². The van der Waals surface area contributed by atoms with Crippen molar-refractivity contribution in [3.05, 3.63) is 28.8 Å². The third-order valence-corrected chi connectivity index (χ3v) is 2.24. The SMILES string of the molecule is CCOC(=O)c1ccc(C(F)F)c(C#N)c1OC. The first-order chi connectivity index (χ1) is 8.56. The van der Waals surface area contributed by atoms with E-state index in [2.05, 4.69) is 0 Å². The second kappa shape index (κ2) is 5.96. The van der Waals surface area contributed by atoms with Crippen molar-refractivity contribution in [2.75, 3.05) is 13.7 Å². The number of alkyl halides is 2. The third kappa shape index (κ3) is 2.56. The molecule has 0 amide bonds. The van der Waals surface area contributed by atoms with Crippen LogP contribution in [0.2, 0.25) is 0 Å². The monoisotopic (exact) mass is 255 g/mol. The fourth-order valence-electron chi connectivity index (χ4n) is 1.48. The van der Waals surface area contributed by atoms with Gasteiger partial charge in [0.05, 0.1) is 13.7 Å². The van der Waals surface area contributed by atoms with Crippen molar-refractivity contribution in [3.8, 4) is 11.8 Å². The molecule has 0 aliphatic heterocycles. The normalized spacial score (nSPS) is 10.0. The first kappa shape index (κ1) is 13.9. The van der Waals surface area contributed by atoms with E-state index in [4.69, 9.17) is 14.7 Å². The zero-order valence-corrected chi connectivity index (χ0v) is 9.87. The highest BCUT2D eigenvalue weighted by Crippen LogP contribution is 2.32. The van der Waals surface area contributed by atoms with Crippen LogP contribution in [0.15, 0.2) is 12.1 Å². The van der Waals surface area contributed by atoms with Gasteiger partial charge in [0.25, 0.3) is 6.43 Å². The minimum absolute atomic E-state index is 0.0414. The fourth-order valence-corrected chi connectivity index (χ4v) is 1.48. The summed E-state index contributed by atoms with van der Waals surface area (Å²) in [6.45, 7) is 1.75. The molecule has 1 aromatic rings. The Balaban J connectivity index is 3.40. The molecule has 0 aliphatic rings. The van der Waals surface area contributed by atoms with E-state index in [1.807, 2.05) is 0 Å². The molecule has 0 unspecified atom stereocenters. The highest BCUT2D eigenvalue weighted by molar-refractivity contribution is 5.93. The number of carbonyl (C=O) groups excluding carboxylic acids is 1. The molecule has 4 nitrogen and oxygen atoms in total. The average molecular weight is 255 g/mol. The summed E-state index contributed by atoms with van der Waals surface area (Å²) in [5.41, 5.74) is -0.860. The van der Waals surface area contributed by atoms with Gasteiger partial charge in [-0.05, 0) is 13.0 Å². The summed E-state index contributed by atoms with van der Waals surface area (Å²) < 4.78 is 35.0. The van der Waals surface area contributed by atoms with Crippen molar-refractivity contribution < 1.29 is 23.0 Å². The molecule has 0 fully saturated rings. The van der Waals surface area contributed by atoms with Gasteiger partial charge in [0.1, 0.15) is 17.2 Å². The zero-order chi connectivity index (χ0) is 13.7. The predicted octanol–water partition coefficient (Wildman–Crippen LogP) is 2.68. The highest BCUT2D eigenvalue weighted by atomic mass is 19.3. The van der Waals surface area contributed by atoms with Crippen molar-refractivity contribution in [3.63, 3.8) is 0 Å². The van der Waals surface area contributed by atoms with Gasteiger partial charge in [-0.25, -0.2) is 13.6 Å². The smallest absolute Gasteiger partial charge is 0.341 e. The molecule has 0 bridgehead atoms. The van der Waals surface area contributed by atoms with Gasteiger partial charge in [-0.15, -0.1) is 0 Å². The van der Waals surface area contributed by atoms with Gasteiger partial charge < -0.3 is 9.47 Å². The number of hydrogen-bond acceptors (Lipinski definition) is 4. The zero-order valence-electron chi connectivity index (χ0n) is 9.87. The minimum Gasteiger partial charge on any atom is -0.494 e. The number of ether oxygens (including phenoxy) is 2. The van der Waals surface area contributed by atoms with E-state index in [1.54, 1.807) is 13.0 Å². The number of nitrogens with zero attached hydrogens (tertiary/aromatic N) is 1. The summed E-state index contributed by atoms with van der Waals surface area (Å²) in [6, 6.07) is 3.81. The molecular formula is C12H11F2NO3. The van der Waals surface area contributed by atoms with Crippen LogP contribution in [0, 0.1) is 11.3 Å². The van der Waals surface area contributed by atoms with Gasteiger partial charge >= 0.3 is 5.97 Å². The molecule has 0 saturated carbocycles. The largest absolute Gasteiger partial charge is 0.494 e. The summed E-state index contributed by atoms with van der Waals surface area (Å²) >= 11 is 0. The van der Waals surface area contributed by atoms with E-state index >= 15 is 0 Å². The number of benzene rings is 1. The van der Waals surface area contributed by atoms with E-state index in [-0.39, 0.29) is 23.5 Å². The Hall–Kier alpha value is -2.16. The van der Waals surface area contributed by atoms with E-state index in [9.17, 15) is 13.6 Å². The number of rotatable bonds is 4. The highest BCUT2D eigenvalue weighted by Gasteiger charge is 2.23. The van der Waals surface area contributed by atoms with Crippen LogP contribution in [0.3, 0.4) is 0 Å². The van der Waals surface area contributed by atoms with Crippen molar-refractivity contribution >= 4 is 5.97 Å². The van der Waals surface area contributed by atoms with Crippen LogP contribution in [0.4, 0.5) is 8.78 Å². The molecular weight excluding hydrogens is 244 g/mol. The molecule has 0 radical (unpaired) electrons. The number of nitriles is 1. The Bertz CT molecular complexity index is 495. The maximum absolute atomic E-state index is 12.7. The molecule has 6 heteroatoms. The molecule has 0 N–H and O–H groups in total. The molecule has 0 atom stereocenters. The second-order valence-corrected chi connectivity index (χ2v) is 3.24. The lowest BCUT2D eigenvalue weighted by molar-refractivity contribution is 0.0522. The second-order valence-electron chi connectivity index (χ2n) is 3.24. The molecule has 0 saturated heterocycles. The quantitative estimate of drug-likeness (QED) is 0.776. The van der Waals surface area contributed by atoms with Crippen molar-refractivity contribution in [1.29, 1.82) is 5.26 Å². The van der Waals surface area contributed by atoms with Crippen LogP contribution >= 0.6 is 0 Å². The lowest BCUT2D eigenvalue weighted by atomic mass is 10.0. The topological polar surface area (TPSA) is 59.3 Å². The maximum atomic E-state index is 12.7. The van der Waals surface area contributed by atoms with Crippen LogP contribution < -0.4 is 4.74 Å². The summed E-state index contributed by atoms with van der Waals surface area (Å²) in [4.78, 5) is 11.6. The van der Waals surface area contributed by atoms with Gasteiger partial charge in [-0.1, -0.05) is 6.07 Å². The van der Waals surface area contributed by atoms with Crippen LogP contribution in [-0.4, -0.2) is 19.7 Å². The van der Waals surface area contributed by atoms with Gasteiger partial charge in [-0.3, -0.25) is 0 Å². The van der Waals surface area contributed by atoms with Gasteiger partial charge in [0.2, 0.25) is 0 Å². The van der Waals surface area contributed by atoms with Crippen molar-refractivity contribution in [2.45, 2.75) is 13.3 Å².